The zero-order valence-electron chi connectivity index (χ0n) is 13.1. The number of benzene rings is 1. The zero-order chi connectivity index (χ0) is 17.6. The van der Waals surface area contributed by atoms with E-state index < -0.39 is 17.7 Å². The number of amides is 1. The number of nitrogens with zero attached hydrogens (tertiary/aromatic N) is 1. The van der Waals surface area contributed by atoms with Crippen molar-refractivity contribution >= 4 is 29.0 Å². The van der Waals surface area contributed by atoms with Gasteiger partial charge in [-0.25, -0.2) is 8.78 Å². The topological polar surface area (TPSA) is 57.8 Å². The highest BCUT2D eigenvalue weighted by atomic mass is 32.2. The number of thiophene rings is 1. The van der Waals surface area contributed by atoms with Gasteiger partial charge in [-0.1, -0.05) is 0 Å². The number of aromatic nitrogens is 2. The molecule has 8 heteroatoms. The average Bonchev–Trinajstić information content (AvgIpc) is 3.21. The number of carbonyl (C=O) groups excluding carboxylic acids is 1. The van der Waals surface area contributed by atoms with Crippen molar-refractivity contribution in [2.75, 3.05) is 6.26 Å². The Kier molecular flexibility index (Phi) is 4.09. The first-order valence-corrected chi connectivity index (χ1v) is 9.57. The Labute approximate surface area is 150 Å². The summed E-state index contributed by atoms with van der Waals surface area (Å²) < 4.78 is 28.1. The molecule has 1 amide bonds. The molecular formula is C17H13F2N3OS2. The van der Waals surface area contributed by atoms with Crippen LogP contribution in [0.25, 0.3) is 10.6 Å². The standard InChI is InChI=1S/C17H13F2N3OS2/c1-24-17-14-11(15(25-17)12-2-3-20-22-12)7-13(21-16(14)23)8-4-9(18)6-10(19)5-8/h2-6,13H,7H2,1H3,(H,20,22)(H,21,23)/t13-/m0/s1. The first-order valence-electron chi connectivity index (χ1n) is 7.53. The van der Waals surface area contributed by atoms with Gasteiger partial charge in [0.15, 0.2) is 0 Å². The molecule has 4 rings (SSSR count). The predicted molar refractivity (Wildman–Crippen MR) is 94.0 cm³/mol. The molecule has 1 atom stereocenters. The Hall–Kier alpha value is -2.19. The fourth-order valence-electron chi connectivity index (χ4n) is 3.07. The second-order valence-corrected chi connectivity index (χ2v) is 7.78. The normalized spacial score (nSPS) is 16.6. The van der Waals surface area contributed by atoms with E-state index in [9.17, 15) is 13.6 Å². The molecule has 3 aromatic rings. The molecule has 0 aliphatic carbocycles. The van der Waals surface area contributed by atoms with E-state index in [1.807, 2.05) is 12.3 Å². The summed E-state index contributed by atoms with van der Waals surface area (Å²) in [4.78, 5) is 13.6. The van der Waals surface area contributed by atoms with Crippen molar-refractivity contribution in [2.24, 2.45) is 0 Å². The van der Waals surface area contributed by atoms with Gasteiger partial charge in [0.25, 0.3) is 5.91 Å². The number of nitrogens with one attached hydrogen (secondary N) is 2. The van der Waals surface area contributed by atoms with Crippen molar-refractivity contribution in [1.29, 1.82) is 0 Å². The highest BCUT2D eigenvalue weighted by Gasteiger charge is 2.33. The van der Waals surface area contributed by atoms with E-state index in [4.69, 9.17) is 0 Å². The van der Waals surface area contributed by atoms with E-state index in [0.29, 0.717) is 17.5 Å². The summed E-state index contributed by atoms with van der Waals surface area (Å²) in [5.74, 6) is -1.53. The van der Waals surface area contributed by atoms with Crippen molar-refractivity contribution in [3.8, 4) is 10.6 Å². The molecule has 1 aliphatic heterocycles. The Bertz CT molecular complexity index is 933. The lowest BCUT2D eigenvalue weighted by molar-refractivity contribution is 0.0922. The largest absolute Gasteiger partial charge is 0.345 e. The molecular weight excluding hydrogens is 364 g/mol. The quantitative estimate of drug-likeness (QED) is 0.674. The molecule has 3 heterocycles. The van der Waals surface area contributed by atoms with Gasteiger partial charge in [0, 0.05) is 12.3 Å². The molecule has 1 aliphatic rings. The fraction of sp³-hybridized carbons (Fsp3) is 0.176. The van der Waals surface area contributed by atoms with Crippen molar-refractivity contribution in [3.63, 3.8) is 0 Å². The minimum atomic E-state index is -0.654. The van der Waals surface area contributed by atoms with Crippen LogP contribution in [0.15, 0.2) is 34.7 Å². The van der Waals surface area contributed by atoms with Crippen LogP contribution in [0.2, 0.25) is 0 Å². The van der Waals surface area contributed by atoms with Gasteiger partial charge in [0.05, 0.1) is 26.4 Å². The molecule has 4 nitrogen and oxygen atoms in total. The van der Waals surface area contributed by atoms with E-state index >= 15 is 0 Å². The number of fused-ring (bicyclic) bond motifs is 1. The fourth-order valence-corrected chi connectivity index (χ4v) is 5.11. The van der Waals surface area contributed by atoms with Gasteiger partial charge in [-0.05, 0) is 42.0 Å². The molecule has 0 bridgehead atoms. The lowest BCUT2D eigenvalue weighted by Gasteiger charge is -2.25. The first kappa shape index (κ1) is 16.3. The number of aromatic amines is 1. The number of hydrogen-bond donors (Lipinski definition) is 2. The summed E-state index contributed by atoms with van der Waals surface area (Å²) >= 11 is 3.03. The highest BCUT2D eigenvalue weighted by molar-refractivity contribution is 8.00. The number of H-pyrrole nitrogens is 1. The maximum Gasteiger partial charge on any atom is 0.254 e. The lowest BCUT2D eigenvalue weighted by Crippen LogP contribution is -2.35. The van der Waals surface area contributed by atoms with Gasteiger partial charge >= 0.3 is 0 Å². The Morgan fingerprint density at radius 3 is 2.68 bits per heavy atom. The molecule has 0 saturated carbocycles. The molecule has 0 saturated heterocycles. The number of carbonyl (C=O) groups is 1. The summed E-state index contributed by atoms with van der Waals surface area (Å²) in [5, 5.41) is 9.78. The van der Waals surface area contributed by atoms with Crippen LogP contribution in [-0.2, 0) is 6.42 Å². The van der Waals surface area contributed by atoms with Crippen LogP contribution in [0.3, 0.4) is 0 Å². The third-order valence-electron chi connectivity index (χ3n) is 4.13. The predicted octanol–water partition coefficient (Wildman–Crippen LogP) is 4.17. The second-order valence-electron chi connectivity index (χ2n) is 5.68. The number of thioether (sulfide) groups is 1. The summed E-state index contributed by atoms with van der Waals surface area (Å²) in [6.07, 6.45) is 4.04. The Morgan fingerprint density at radius 2 is 2.04 bits per heavy atom. The SMILES string of the molecule is CSc1sc(-c2ccn[nH]2)c2c1C(=O)N[C@H](c1cc(F)cc(F)c1)C2. The lowest BCUT2D eigenvalue weighted by atomic mass is 9.92. The molecule has 128 valence electrons. The van der Waals surface area contributed by atoms with E-state index in [1.54, 1.807) is 6.20 Å². The minimum Gasteiger partial charge on any atom is -0.345 e. The minimum absolute atomic E-state index is 0.220. The summed E-state index contributed by atoms with van der Waals surface area (Å²) in [7, 11) is 0. The van der Waals surface area contributed by atoms with Crippen LogP contribution < -0.4 is 5.32 Å². The van der Waals surface area contributed by atoms with E-state index in [-0.39, 0.29) is 5.91 Å². The highest BCUT2D eigenvalue weighted by Crippen LogP contribution is 2.44. The van der Waals surface area contributed by atoms with Crippen LogP contribution in [-0.4, -0.2) is 22.4 Å². The van der Waals surface area contributed by atoms with Crippen LogP contribution >= 0.6 is 23.1 Å². The molecule has 2 aromatic heterocycles. The number of hydrogen-bond acceptors (Lipinski definition) is 4. The monoisotopic (exact) mass is 377 g/mol. The van der Waals surface area contributed by atoms with Crippen LogP contribution in [0, 0.1) is 11.6 Å². The second kappa shape index (κ2) is 6.27. The maximum atomic E-state index is 13.6. The molecule has 0 unspecified atom stereocenters. The summed E-state index contributed by atoms with van der Waals surface area (Å²) in [6, 6.07) is 4.72. The molecule has 1 aromatic carbocycles. The summed E-state index contributed by atoms with van der Waals surface area (Å²) in [5.41, 5.74) is 2.79. The number of halogens is 2. The molecule has 2 N–H and O–H groups in total. The van der Waals surface area contributed by atoms with Gasteiger partial charge in [0.2, 0.25) is 0 Å². The first-order chi connectivity index (χ1) is 12.1. The molecule has 0 spiro atoms. The Morgan fingerprint density at radius 1 is 1.28 bits per heavy atom. The van der Waals surface area contributed by atoms with Gasteiger partial charge in [-0.2, -0.15) is 5.10 Å². The Balaban J connectivity index is 1.81. The van der Waals surface area contributed by atoms with Crippen LogP contribution in [0.1, 0.15) is 27.5 Å². The van der Waals surface area contributed by atoms with E-state index in [2.05, 4.69) is 15.5 Å². The maximum absolute atomic E-state index is 13.6. The molecule has 0 fully saturated rings. The average molecular weight is 377 g/mol. The number of rotatable bonds is 3. The van der Waals surface area contributed by atoms with E-state index in [1.165, 1.54) is 35.2 Å². The van der Waals surface area contributed by atoms with Crippen LogP contribution in [0.5, 0.6) is 0 Å². The zero-order valence-corrected chi connectivity index (χ0v) is 14.7. The molecule has 25 heavy (non-hydrogen) atoms. The van der Waals surface area contributed by atoms with Crippen LogP contribution in [0.4, 0.5) is 8.78 Å². The third kappa shape index (κ3) is 2.85. The van der Waals surface area contributed by atoms with Crippen molar-refractivity contribution in [3.05, 3.63) is 58.8 Å². The van der Waals surface area contributed by atoms with Gasteiger partial charge in [0.1, 0.15) is 11.6 Å². The van der Waals surface area contributed by atoms with Crippen molar-refractivity contribution in [1.82, 2.24) is 15.5 Å². The van der Waals surface area contributed by atoms with Gasteiger partial charge < -0.3 is 5.32 Å². The smallest absolute Gasteiger partial charge is 0.254 e. The molecule has 0 radical (unpaired) electrons. The summed E-state index contributed by atoms with van der Waals surface area (Å²) in [6.45, 7) is 0. The van der Waals surface area contributed by atoms with Gasteiger partial charge in [-0.3, -0.25) is 9.89 Å². The van der Waals surface area contributed by atoms with Gasteiger partial charge in [-0.15, -0.1) is 23.1 Å². The van der Waals surface area contributed by atoms with Crippen molar-refractivity contribution < 1.29 is 13.6 Å². The van der Waals surface area contributed by atoms with Crippen molar-refractivity contribution in [2.45, 2.75) is 16.7 Å². The van der Waals surface area contributed by atoms with E-state index in [0.717, 1.165) is 26.4 Å². The third-order valence-corrected chi connectivity index (χ3v) is 6.52.